The quantitative estimate of drug-likeness (QED) is 0.193. The average molecular weight is 619 g/mol. The highest BCUT2D eigenvalue weighted by Gasteiger charge is 2.35. The number of rotatable bonds is 9. The second kappa shape index (κ2) is 12.6. The molecule has 0 bridgehead atoms. The zero-order valence-electron chi connectivity index (χ0n) is 22.1. The van der Waals surface area contributed by atoms with Crippen LogP contribution < -0.4 is 9.62 Å². The fraction of sp³-hybridized carbons (Fsp3) is 0.167. The summed E-state index contributed by atoms with van der Waals surface area (Å²) in [4.78, 5) is 14.1. The third-order valence-corrected chi connectivity index (χ3v) is 9.35. The molecule has 214 valence electrons. The van der Waals surface area contributed by atoms with Gasteiger partial charge in [0.25, 0.3) is 10.0 Å². The molecule has 0 heterocycles. The van der Waals surface area contributed by atoms with Crippen molar-refractivity contribution in [2.45, 2.75) is 35.6 Å². The van der Waals surface area contributed by atoms with Crippen LogP contribution in [0.15, 0.2) is 101 Å². The van der Waals surface area contributed by atoms with Crippen LogP contribution in [-0.2, 0) is 26.7 Å². The molecule has 0 unspecified atom stereocenters. The van der Waals surface area contributed by atoms with Crippen molar-refractivity contribution in [1.82, 2.24) is 0 Å². The molecule has 0 saturated heterocycles. The number of nitrogens with zero attached hydrogens (tertiary/aromatic N) is 1. The molecule has 0 saturated carbocycles. The van der Waals surface area contributed by atoms with Crippen LogP contribution in [0.25, 0.3) is 0 Å². The summed E-state index contributed by atoms with van der Waals surface area (Å²) in [7, 11) is -4.42. The van der Waals surface area contributed by atoms with Crippen LogP contribution in [-0.4, -0.2) is 20.9 Å². The number of aryl methyl sites for hydroxylation is 2. The molecule has 0 radical (unpaired) electrons. The molecule has 0 aliphatic rings. The highest BCUT2D eigenvalue weighted by molar-refractivity contribution is 7.98. The topological polar surface area (TPSA) is 66.5 Å². The highest BCUT2D eigenvalue weighted by Crippen LogP contribution is 2.38. The molecule has 4 rings (SSSR count). The zero-order chi connectivity index (χ0) is 29.8. The normalized spacial score (nSPS) is 11.8. The Morgan fingerprint density at radius 3 is 2.24 bits per heavy atom. The second-order valence-electron chi connectivity index (χ2n) is 9.29. The van der Waals surface area contributed by atoms with Crippen LogP contribution in [0, 0.1) is 13.8 Å². The lowest BCUT2D eigenvalue weighted by molar-refractivity contribution is -0.137. The molecule has 11 heteroatoms. The van der Waals surface area contributed by atoms with Crippen LogP contribution in [0.5, 0.6) is 0 Å². The molecule has 4 aromatic rings. The summed E-state index contributed by atoms with van der Waals surface area (Å²) in [6.07, 6.45) is -4.83. The van der Waals surface area contributed by atoms with Crippen LogP contribution in [0.2, 0.25) is 5.02 Å². The maximum atomic E-state index is 13.6. The maximum absolute atomic E-state index is 13.6. The first-order chi connectivity index (χ1) is 19.3. The smallest absolute Gasteiger partial charge is 0.324 e. The van der Waals surface area contributed by atoms with Crippen molar-refractivity contribution >= 4 is 50.7 Å². The lowest BCUT2D eigenvalue weighted by atomic mass is 10.1. The van der Waals surface area contributed by atoms with E-state index < -0.39 is 39.2 Å². The van der Waals surface area contributed by atoms with E-state index in [9.17, 15) is 26.4 Å². The van der Waals surface area contributed by atoms with Crippen molar-refractivity contribution in [1.29, 1.82) is 0 Å². The Balaban J connectivity index is 1.59. The summed E-state index contributed by atoms with van der Waals surface area (Å²) in [6, 6.07) is 23.9. The van der Waals surface area contributed by atoms with Crippen molar-refractivity contribution in [3.05, 3.63) is 118 Å². The van der Waals surface area contributed by atoms with E-state index in [1.54, 1.807) is 36.9 Å². The van der Waals surface area contributed by atoms with Crippen LogP contribution in [0.4, 0.5) is 24.5 Å². The van der Waals surface area contributed by atoms with Gasteiger partial charge in [-0.25, -0.2) is 8.42 Å². The Bertz CT molecular complexity index is 1650. The van der Waals surface area contributed by atoms with E-state index in [-0.39, 0.29) is 10.6 Å². The van der Waals surface area contributed by atoms with Crippen molar-refractivity contribution in [2.24, 2.45) is 0 Å². The number of alkyl halides is 3. The monoisotopic (exact) mass is 618 g/mol. The summed E-state index contributed by atoms with van der Waals surface area (Å²) in [6.45, 7) is 2.81. The first-order valence-corrected chi connectivity index (χ1v) is 15.2. The molecule has 1 N–H and O–H groups in total. The average Bonchev–Trinajstić information content (AvgIpc) is 2.92. The number of carbonyl (C=O) groups is 1. The Kier molecular flexibility index (Phi) is 9.36. The number of carbonyl (C=O) groups excluding carboxylic acids is 1. The van der Waals surface area contributed by atoms with E-state index >= 15 is 0 Å². The van der Waals surface area contributed by atoms with Gasteiger partial charge >= 0.3 is 6.18 Å². The van der Waals surface area contributed by atoms with E-state index in [0.717, 1.165) is 33.7 Å². The fourth-order valence-electron chi connectivity index (χ4n) is 4.00. The molecule has 0 atom stereocenters. The van der Waals surface area contributed by atoms with Gasteiger partial charge in [-0.15, -0.1) is 11.8 Å². The van der Waals surface area contributed by atoms with Gasteiger partial charge in [0.1, 0.15) is 6.54 Å². The molecule has 41 heavy (non-hydrogen) atoms. The molecule has 1 amide bonds. The van der Waals surface area contributed by atoms with Crippen molar-refractivity contribution in [3.63, 3.8) is 0 Å². The summed E-state index contributed by atoms with van der Waals surface area (Å²) in [5.74, 6) is -0.0153. The van der Waals surface area contributed by atoms with Crippen molar-refractivity contribution < 1.29 is 26.4 Å². The molecular formula is C30H26ClF3N2O3S2. The van der Waals surface area contributed by atoms with Crippen molar-refractivity contribution in [3.8, 4) is 0 Å². The zero-order valence-corrected chi connectivity index (χ0v) is 24.5. The predicted molar refractivity (Wildman–Crippen MR) is 158 cm³/mol. The highest BCUT2D eigenvalue weighted by atomic mass is 35.5. The Hall–Kier alpha value is -3.47. The number of hydrogen-bond donors (Lipinski definition) is 1. The van der Waals surface area contributed by atoms with E-state index in [2.05, 4.69) is 5.32 Å². The Morgan fingerprint density at radius 1 is 0.927 bits per heavy atom. The largest absolute Gasteiger partial charge is 0.417 e. The van der Waals surface area contributed by atoms with Gasteiger partial charge in [-0.05, 0) is 73.5 Å². The van der Waals surface area contributed by atoms with E-state index in [0.29, 0.717) is 21.8 Å². The minimum absolute atomic E-state index is 0.171. The third kappa shape index (κ3) is 7.63. The minimum atomic E-state index is -4.83. The molecule has 4 aromatic carbocycles. The van der Waals surface area contributed by atoms with E-state index in [1.807, 2.05) is 49.4 Å². The lowest BCUT2D eigenvalue weighted by Gasteiger charge is -2.25. The van der Waals surface area contributed by atoms with Gasteiger partial charge in [0.2, 0.25) is 5.91 Å². The van der Waals surface area contributed by atoms with Gasteiger partial charge in [0.05, 0.1) is 21.2 Å². The first-order valence-electron chi connectivity index (χ1n) is 12.4. The van der Waals surface area contributed by atoms with Gasteiger partial charge in [-0.3, -0.25) is 9.10 Å². The van der Waals surface area contributed by atoms with Crippen LogP contribution >= 0.6 is 23.4 Å². The molecule has 0 fully saturated rings. The second-order valence-corrected chi connectivity index (χ2v) is 12.6. The number of anilines is 2. The van der Waals surface area contributed by atoms with Crippen LogP contribution in [0.3, 0.4) is 0 Å². The van der Waals surface area contributed by atoms with Crippen molar-refractivity contribution in [2.75, 3.05) is 16.2 Å². The van der Waals surface area contributed by atoms with E-state index in [1.165, 1.54) is 12.1 Å². The molecule has 0 aliphatic carbocycles. The molecule has 0 aromatic heterocycles. The van der Waals surface area contributed by atoms with Gasteiger partial charge in [0, 0.05) is 16.3 Å². The molecule has 5 nitrogen and oxygen atoms in total. The number of halogens is 4. The minimum Gasteiger partial charge on any atom is -0.324 e. The molecule has 0 aliphatic heterocycles. The SMILES string of the molecule is Cc1ccc(S(=O)(=O)N(CC(=O)Nc2ccc(CSc3ccccc3)cc2C)c2ccc(Cl)c(C(F)(F)F)c2)cc1. The summed E-state index contributed by atoms with van der Waals surface area (Å²) < 4.78 is 68.7. The van der Waals surface area contributed by atoms with E-state index in [4.69, 9.17) is 11.6 Å². The summed E-state index contributed by atoms with van der Waals surface area (Å²) in [5.41, 5.74) is 1.48. The predicted octanol–water partition coefficient (Wildman–Crippen LogP) is 8.10. The molecule has 0 spiro atoms. The third-order valence-electron chi connectivity index (χ3n) is 6.15. The molecular weight excluding hydrogens is 593 g/mol. The number of thioether (sulfide) groups is 1. The number of amides is 1. The van der Waals surface area contributed by atoms with Gasteiger partial charge < -0.3 is 5.32 Å². The number of sulfonamides is 1. The van der Waals surface area contributed by atoms with Gasteiger partial charge in [0.15, 0.2) is 0 Å². The first kappa shape index (κ1) is 30.5. The van der Waals surface area contributed by atoms with Gasteiger partial charge in [-0.1, -0.05) is 59.6 Å². The number of benzene rings is 4. The number of hydrogen-bond acceptors (Lipinski definition) is 4. The van der Waals surface area contributed by atoms with Crippen LogP contribution in [0.1, 0.15) is 22.3 Å². The lowest BCUT2D eigenvalue weighted by Crippen LogP contribution is -2.38. The number of nitrogens with one attached hydrogen (secondary N) is 1. The van der Waals surface area contributed by atoms with Gasteiger partial charge in [-0.2, -0.15) is 13.2 Å². The Labute approximate surface area is 246 Å². The maximum Gasteiger partial charge on any atom is 0.417 e. The standard InChI is InChI=1S/C30H26ClF3N2O3S2/c1-20-8-12-25(13-9-20)41(38,39)36(23-11-14-27(31)26(17-23)30(32,33)34)18-29(37)35-28-15-10-22(16-21(28)2)19-40-24-6-4-3-5-7-24/h3-17H,18-19H2,1-2H3,(H,35,37). The Morgan fingerprint density at radius 2 is 1.61 bits per heavy atom. The summed E-state index contributed by atoms with van der Waals surface area (Å²) in [5, 5.41) is 2.12. The summed E-state index contributed by atoms with van der Waals surface area (Å²) >= 11 is 7.43. The fourth-order valence-corrected chi connectivity index (χ4v) is 6.50.